The van der Waals surface area contributed by atoms with Crippen LogP contribution in [0.1, 0.15) is 50.2 Å². The number of benzene rings is 3. The molecule has 212 valence electrons. The Morgan fingerprint density at radius 3 is 2.23 bits per heavy atom. The van der Waals surface area contributed by atoms with Crippen LogP contribution in [0.3, 0.4) is 0 Å². The third-order valence-electron chi connectivity index (χ3n) is 7.41. The van der Waals surface area contributed by atoms with Crippen molar-refractivity contribution in [3.63, 3.8) is 0 Å². The van der Waals surface area contributed by atoms with Gasteiger partial charge in [0, 0.05) is 17.6 Å². The zero-order valence-corrected chi connectivity index (χ0v) is 24.5. The maximum absolute atomic E-state index is 14.1. The molecule has 0 bridgehead atoms. The van der Waals surface area contributed by atoms with Gasteiger partial charge < -0.3 is 10.2 Å². The van der Waals surface area contributed by atoms with Gasteiger partial charge in [-0.25, -0.2) is 8.42 Å². The fourth-order valence-corrected chi connectivity index (χ4v) is 6.73. The molecule has 0 aromatic heterocycles. The second-order valence-corrected chi connectivity index (χ2v) is 12.5. The van der Waals surface area contributed by atoms with Crippen LogP contribution in [0, 0.1) is 6.92 Å². The Balaban J connectivity index is 1.68. The first-order valence-corrected chi connectivity index (χ1v) is 15.5. The number of hydrogen-bond acceptors (Lipinski definition) is 4. The van der Waals surface area contributed by atoms with Crippen molar-refractivity contribution in [3.8, 4) is 0 Å². The maximum Gasteiger partial charge on any atom is 0.264 e. The molecular weight excluding hydrogens is 546 g/mol. The lowest BCUT2D eigenvalue weighted by Crippen LogP contribution is -2.53. The van der Waals surface area contributed by atoms with E-state index in [1.165, 1.54) is 17.0 Å². The topological polar surface area (TPSA) is 86.8 Å². The molecule has 7 nitrogen and oxygen atoms in total. The summed E-state index contributed by atoms with van der Waals surface area (Å²) in [5, 5.41) is 3.57. The molecule has 0 heterocycles. The molecule has 3 aromatic rings. The Hall–Kier alpha value is -3.36. The van der Waals surface area contributed by atoms with E-state index in [-0.39, 0.29) is 23.4 Å². The zero-order chi connectivity index (χ0) is 28.7. The third kappa shape index (κ3) is 7.04. The van der Waals surface area contributed by atoms with E-state index in [1.807, 2.05) is 12.1 Å². The second kappa shape index (κ2) is 13.3. The summed E-state index contributed by atoms with van der Waals surface area (Å²) < 4.78 is 28.9. The minimum Gasteiger partial charge on any atom is -0.352 e. The molecule has 0 aliphatic heterocycles. The van der Waals surface area contributed by atoms with E-state index in [1.54, 1.807) is 68.4 Å². The van der Waals surface area contributed by atoms with Gasteiger partial charge in [-0.15, -0.1) is 0 Å². The minimum atomic E-state index is -4.10. The molecule has 1 atom stereocenters. The summed E-state index contributed by atoms with van der Waals surface area (Å²) in [6, 6.07) is 21.4. The summed E-state index contributed by atoms with van der Waals surface area (Å²) in [6.45, 7) is 3.06. The van der Waals surface area contributed by atoms with E-state index in [2.05, 4.69) is 5.32 Å². The van der Waals surface area contributed by atoms with Gasteiger partial charge in [0.05, 0.1) is 10.6 Å². The minimum absolute atomic E-state index is 0.0603. The zero-order valence-electron chi connectivity index (χ0n) is 22.9. The van der Waals surface area contributed by atoms with Crippen LogP contribution in [0.4, 0.5) is 5.69 Å². The molecule has 4 rings (SSSR count). The summed E-state index contributed by atoms with van der Waals surface area (Å²) in [4.78, 5) is 29.0. The van der Waals surface area contributed by atoms with Crippen molar-refractivity contribution in [2.24, 2.45) is 0 Å². The van der Waals surface area contributed by atoms with Gasteiger partial charge in [0.2, 0.25) is 11.8 Å². The smallest absolute Gasteiger partial charge is 0.264 e. The average Bonchev–Trinajstić information content (AvgIpc) is 2.96. The van der Waals surface area contributed by atoms with Gasteiger partial charge >= 0.3 is 0 Å². The first-order valence-electron chi connectivity index (χ1n) is 13.6. The summed E-state index contributed by atoms with van der Waals surface area (Å²) >= 11 is 6.44. The van der Waals surface area contributed by atoms with Gasteiger partial charge in [-0.1, -0.05) is 85.5 Å². The Morgan fingerprint density at radius 2 is 1.55 bits per heavy atom. The van der Waals surface area contributed by atoms with Gasteiger partial charge in [0.1, 0.15) is 12.6 Å². The molecule has 0 radical (unpaired) electrons. The van der Waals surface area contributed by atoms with Gasteiger partial charge in [0.25, 0.3) is 10.0 Å². The summed E-state index contributed by atoms with van der Waals surface area (Å²) in [5.74, 6) is -0.769. The molecule has 9 heteroatoms. The number of carbonyl (C=O) groups is 2. The number of sulfonamides is 1. The number of para-hydroxylation sites is 1. The van der Waals surface area contributed by atoms with Gasteiger partial charge in [0.15, 0.2) is 0 Å². The lowest BCUT2D eigenvalue weighted by molar-refractivity contribution is -0.139. The summed E-state index contributed by atoms with van der Waals surface area (Å²) in [7, 11) is -4.10. The van der Waals surface area contributed by atoms with Crippen LogP contribution in [0.5, 0.6) is 0 Å². The molecule has 1 saturated carbocycles. The lowest BCUT2D eigenvalue weighted by Gasteiger charge is -2.33. The van der Waals surface area contributed by atoms with Crippen LogP contribution in [-0.4, -0.2) is 43.8 Å². The van der Waals surface area contributed by atoms with Crippen LogP contribution >= 0.6 is 11.6 Å². The molecular formula is C31H36ClN3O4S. The van der Waals surface area contributed by atoms with Crippen LogP contribution < -0.4 is 9.62 Å². The molecule has 3 aromatic carbocycles. The highest BCUT2D eigenvalue weighted by Crippen LogP contribution is 2.28. The van der Waals surface area contributed by atoms with Crippen molar-refractivity contribution in [2.75, 3.05) is 10.8 Å². The van der Waals surface area contributed by atoms with Crippen LogP contribution in [0.2, 0.25) is 5.02 Å². The fourth-order valence-electron chi connectivity index (χ4n) is 5.04. The summed E-state index contributed by atoms with van der Waals surface area (Å²) in [5.41, 5.74) is 1.77. The fraction of sp³-hybridized carbons (Fsp3) is 0.355. The third-order valence-corrected chi connectivity index (χ3v) is 9.55. The van der Waals surface area contributed by atoms with Gasteiger partial charge in [-0.05, 0) is 62.1 Å². The second-order valence-electron chi connectivity index (χ2n) is 10.2. The Kier molecular flexibility index (Phi) is 9.87. The normalized spacial score (nSPS) is 14.8. The molecule has 0 unspecified atom stereocenters. The maximum atomic E-state index is 14.1. The molecule has 1 N–H and O–H groups in total. The van der Waals surface area contributed by atoms with E-state index < -0.39 is 28.5 Å². The molecule has 1 aliphatic carbocycles. The van der Waals surface area contributed by atoms with E-state index in [0.29, 0.717) is 21.8 Å². The largest absolute Gasteiger partial charge is 0.352 e. The van der Waals surface area contributed by atoms with E-state index in [4.69, 9.17) is 11.6 Å². The van der Waals surface area contributed by atoms with Crippen LogP contribution in [0.25, 0.3) is 0 Å². The molecule has 1 fully saturated rings. The number of aryl methyl sites for hydroxylation is 1. The quantitative estimate of drug-likeness (QED) is 0.332. The number of nitrogens with one attached hydrogen (secondary N) is 1. The van der Waals surface area contributed by atoms with Gasteiger partial charge in [-0.3, -0.25) is 13.9 Å². The number of halogens is 1. The first kappa shape index (κ1) is 29.6. The standard InChI is InChI=1S/C31H36ClN3O4S/c1-23-13-9-12-20-29(23)35(40(38,39)27-17-7-4-8-18-27)22-30(36)34(21-25-14-10-11-19-28(25)32)24(2)31(37)33-26-15-5-3-6-16-26/h4,7-14,17-20,24,26H,3,5-6,15-16,21-22H2,1-2H3,(H,33,37)/t24-/m0/s1. The average molecular weight is 582 g/mol. The predicted octanol–water partition coefficient (Wildman–Crippen LogP) is 5.71. The summed E-state index contributed by atoms with van der Waals surface area (Å²) in [6.07, 6.45) is 5.10. The van der Waals surface area contributed by atoms with E-state index in [9.17, 15) is 18.0 Å². The van der Waals surface area contributed by atoms with Gasteiger partial charge in [-0.2, -0.15) is 0 Å². The number of nitrogens with zero attached hydrogens (tertiary/aromatic N) is 2. The lowest BCUT2D eigenvalue weighted by atomic mass is 9.95. The highest BCUT2D eigenvalue weighted by atomic mass is 35.5. The van der Waals surface area contributed by atoms with E-state index in [0.717, 1.165) is 36.4 Å². The van der Waals surface area contributed by atoms with Crippen molar-refractivity contribution in [1.29, 1.82) is 0 Å². The van der Waals surface area contributed by atoms with Crippen LogP contribution in [0.15, 0.2) is 83.8 Å². The van der Waals surface area contributed by atoms with Crippen molar-refractivity contribution in [2.45, 2.75) is 69.5 Å². The molecule has 0 saturated heterocycles. The number of hydrogen-bond donors (Lipinski definition) is 1. The van der Waals surface area contributed by atoms with Crippen molar-refractivity contribution < 1.29 is 18.0 Å². The first-order chi connectivity index (χ1) is 19.2. The molecule has 2 amide bonds. The van der Waals surface area contributed by atoms with Crippen molar-refractivity contribution in [1.82, 2.24) is 10.2 Å². The monoisotopic (exact) mass is 581 g/mol. The Morgan fingerprint density at radius 1 is 0.925 bits per heavy atom. The van der Waals surface area contributed by atoms with Crippen molar-refractivity contribution in [3.05, 3.63) is 95.0 Å². The molecule has 40 heavy (non-hydrogen) atoms. The van der Waals surface area contributed by atoms with Crippen molar-refractivity contribution >= 4 is 39.1 Å². The highest BCUT2D eigenvalue weighted by Gasteiger charge is 2.33. The SMILES string of the molecule is Cc1ccccc1N(CC(=O)N(Cc1ccccc1Cl)[C@@H](C)C(=O)NC1CCCCC1)S(=O)(=O)c1ccccc1. The molecule has 1 aliphatic rings. The number of anilines is 1. The molecule has 0 spiro atoms. The van der Waals surface area contributed by atoms with Crippen LogP contribution in [-0.2, 0) is 26.2 Å². The highest BCUT2D eigenvalue weighted by molar-refractivity contribution is 7.92. The number of amides is 2. The Labute approximate surface area is 242 Å². The van der Waals surface area contributed by atoms with E-state index >= 15 is 0 Å². The number of rotatable bonds is 10. The Bertz CT molecular complexity index is 1430. The predicted molar refractivity (Wildman–Crippen MR) is 159 cm³/mol. The number of carbonyl (C=O) groups excluding carboxylic acids is 2.